The van der Waals surface area contributed by atoms with Gasteiger partial charge in [0.2, 0.25) is 0 Å². The van der Waals surface area contributed by atoms with Crippen molar-refractivity contribution in [2.75, 3.05) is 5.75 Å². The number of rotatable bonds is 1. The van der Waals surface area contributed by atoms with Crippen LogP contribution in [0, 0.1) is 0 Å². The van der Waals surface area contributed by atoms with Crippen molar-refractivity contribution in [2.24, 2.45) is 5.73 Å². The second-order valence-electron chi connectivity index (χ2n) is 3.17. The number of hydrogen-bond acceptors (Lipinski definition) is 3. The minimum Gasteiger partial charge on any atom is -0.365 e. The standard InChI is InChI=1S/C11H9NO2S/c12-11(14)10-5-7-3-1-2-4-8(7)9(13)6-15-10/h1-5H,6H2,(H2,12,14). The van der Waals surface area contributed by atoms with Crippen LogP contribution in [0.25, 0.3) is 6.08 Å². The van der Waals surface area contributed by atoms with E-state index in [1.165, 1.54) is 11.8 Å². The number of nitrogens with two attached hydrogens (primary N) is 1. The summed E-state index contributed by atoms with van der Waals surface area (Å²) >= 11 is 1.19. The van der Waals surface area contributed by atoms with Crippen molar-refractivity contribution in [2.45, 2.75) is 0 Å². The fourth-order valence-corrected chi connectivity index (χ4v) is 2.22. The van der Waals surface area contributed by atoms with E-state index in [1.807, 2.05) is 18.2 Å². The van der Waals surface area contributed by atoms with Crippen molar-refractivity contribution in [3.8, 4) is 0 Å². The molecule has 1 aliphatic heterocycles. The number of Topliss-reactive ketones (excluding diaryl/α,β-unsaturated/α-hetero) is 1. The molecule has 1 aliphatic rings. The maximum atomic E-state index is 11.7. The zero-order valence-corrected chi connectivity index (χ0v) is 8.71. The molecule has 0 aromatic heterocycles. The van der Waals surface area contributed by atoms with Crippen molar-refractivity contribution < 1.29 is 9.59 Å². The lowest BCUT2D eigenvalue weighted by Crippen LogP contribution is -2.12. The second-order valence-corrected chi connectivity index (χ2v) is 4.19. The molecule has 2 N–H and O–H groups in total. The van der Waals surface area contributed by atoms with Gasteiger partial charge < -0.3 is 5.73 Å². The molecule has 0 unspecified atom stereocenters. The Hall–Kier alpha value is -1.55. The first-order valence-electron chi connectivity index (χ1n) is 4.45. The van der Waals surface area contributed by atoms with Crippen molar-refractivity contribution in [1.29, 1.82) is 0 Å². The highest BCUT2D eigenvalue weighted by molar-refractivity contribution is 8.04. The van der Waals surface area contributed by atoms with E-state index >= 15 is 0 Å². The smallest absolute Gasteiger partial charge is 0.255 e. The first-order valence-corrected chi connectivity index (χ1v) is 5.43. The maximum absolute atomic E-state index is 11.7. The van der Waals surface area contributed by atoms with Gasteiger partial charge >= 0.3 is 0 Å². The largest absolute Gasteiger partial charge is 0.365 e. The number of amides is 1. The summed E-state index contributed by atoms with van der Waals surface area (Å²) < 4.78 is 0. The number of thioether (sulfide) groups is 1. The lowest BCUT2D eigenvalue weighted by molar-refractivity contribution is -0.113. The van der Waals surface area contributed by atoms with Gasteiger partial charge in [-0.3, -0.25) is 9.59 Å². The summed E-state index contributed by atoms with van der Waals surface area (Å²) in [6, 6.07) is 7.21. The molecule has 0 radical (unpaired) electrons. The van der Waals surface area contributed by atoms with E-state index in [1.54, 1.807) is 12.1 Å². The predicted molar refractivity (Wildman–Crippen MR) is 60.4 cm³/mol. The number of benzene rings is 1. The molecule has 4 heteroatoms. The van der Waals surface area contributed by atoms with Crippen LogP contribution in [-0.2, 0) is 4.79 Å². The molecular formula is C11H9NO2S. The van der Waals surface area contributed by atoms with Gasteiger partial charge in [0.25, 0.3) is 5.91 Å². The van der Waals surface area contributed by atoms with Crippen LogP contribution >= 0.6 is 11.8 Å². The lowest BCUT2D eigenvalue weighted by Gasteiger charge is -1.99. The molecule has 0 aliphatic carbocycles. The van der Waals surface area contributed by atoms with E-state index in [9.17, 15) is 9.59 Å². The molecule has 0 atom stereocenters. The van der Waals surface area contributed by atoms with Gasteiger partial charge in [-0.2, -0.15) is 0 Å². The molecular weight excluding hydrogens is 210 g/mol. The Kier molecular flexibility index (Phi) is 2.60. The Labute approximate surface area is 91.3 Å². The number of ketones is 1. The minimum absolute atomic E-state index is 0.0306. The molecule has 15 heavy (non-hydrogen) atoms. The van der Waals surface area contributed by atoms with Gasteiger partial charge in [0.05, 0.1) is 10.7 Å². The van der Waals surface area contributed by atoms with E-state index in [2.05, 4.69) is 0 Å². The number of carbonyl (C=O) groups excluding carboxylic acids is 2. The summed E-state index contributed by atoms with van der Waals surface area (Å²) in [6.07, 6.45) is 1.67. The minimum atomic E-state index is -0.482. The van der Waals surface area contributed by atoms with Crippen molar-refractivity contribution in [1.82, 2.24) is 0 Å². The van der Waals surface area contributed by atoms with Crippen LogP contribution in [0.1, 0.15) is 15.9 Å². The summed E-state index contributed by atoms with van der Waals surface area (Å²) in [6.45, 7) is 0. The Morgan fingerprint density at radius 1 is 1.33 bits per heavy atom. The number of carbonyl (C=O) groups is 2. The van der Waals surface area contributed by atoms with Crippen molar-refractivity contribution in [3.05, 3.63) is 40.3 Å². The van der Waals surface area contributed by atoms with Gasteiger partial charge in [0, 0.05) is 5.56 Å². The average Bonchev–Trinajstić information content (AvgIpc) is 2.39. The molecule has 2 rings (SSSR count). The lowest BCUT2D eigenvalue weighted by atomic mass is 10.0. The van der Waals surface area contributed by atoms with E-state index < -0.39 is 5.91 Å². The van der Waals surface area contributed by atoms with Crippen LogP contribution < -0.4 is 5.73 Å². The summed E-state index contributed by atoms with van der Waals surface area (Å²) in [5.41, 5.74) is 6.62. The third kappa shape index (κ3) is 1.94. The van der Waals surface area contributed by atoms with Gasteiger partial charge in [0.1, 0.15) is 0 Å². The molecule has 76 valence electrons. The molecule has 1 amide bonds. The van der Waals surface area contributed by atoms with Crippen molar-refractivity contribution in [3.63, 3.8) is 0 Å². The van der Waals surface area contributed by atoms with Crippen LogP contribution in [0.5, 0.6) is 0 Å². The van der Waals surface area contributed by atoms with Crippen LogP contribution in [0.15, 0.2) is 29.2 Å². The Bertz CT molecular complexity index is 465. The predicted octanol–water partition coefficient (Wildman–Crippen LogP) is 1.44. The zero-order chi connectivity index (χ0) is 10.8. The second kappa shape index (κ2) is 3.90. The normalized spacial score (nSPS) is 15.2. The van der Waals surface area contributed by atoms with Gasteiger partial charge in [-0.25, -0.2) is 0 Å². The molecule has 0 spiro atoms. The Balaban J connectivity index is 2.53. The molecule has 0 saturated carbocycles. The van der Waals surface area contributed by atoms with Gasteiger partial charge in [-0.15, -0.1) is 11.8 Å². The summed E-state index contributed by atoms with van der Waals surface area (Å²) in [5.74, 6) is -0.182. The van der Waals surface area contributed by atoms with Gasteiger partial charge in [-0.1, -0.05) is 24.3 Å². The van der Waals surface area contributed by atoms with Crippen LogP contribution in [0.4, 0.5) is 0 Å². The third-order valence-electron chi connectivity index (χ3n) is 2.15. The fourth-order valence-electron chi connectivity index (χ4n) is 1.42. The zero-order valence-electron chi connectivity index (χ0n) is 7.90. The third-order valence-corrected chi connectivity index (χ3v) is 3.19. The SMILES string of the molecule is NC(=O)C1=Cc2ccccc2C(=O)CS1. The van der Waals surface area contributed by atoms with Crippen LogP contribution in [-0.4, -0.2) is 17.4 Å². The first kappa shape index (κ1) is 9.98. The molecule has 1 aromatic carbocycles. The molecule has 1 heterocycles. The van der Waals surface area contributed by atoms with E-state index in [-0.39, 0.29) is 11.5 Å². The monoisotopic (exact) mass is 219 g/mol. The van der Waals surface area contributed by atoms with Crippen LogP contribution in [0.3, 0.4) is 0 Å². The number of primary amides is 1. The highest BCUT2D eigenvalue weighted by Crippen LogP contribution is 2.26. The molecule has 0 fully saturated rings. The van der Waals surface area contributed by atoms with Gasteiger partial charge in [0.15, 0.2) is 5.78 Å². The average molecular weight is 219 g/mol. The van der Waals surface area contributed by atoms with Crippen molar-refractivity contribution >= 4 is 29.5 Å². The number of fused-ring (bicyclic) bond motifs is 1. The highest BCUT2D eigenvalue weighted by atomic mass is 32.2. The summed E-state index contributed by atoms with van der Waals surface area (Å²) in [7, 11) is 0. The molecule has 0 bridgehead atoms. The summed E-state index contributed by atoms with van der Waals surface area (Å²) in [4.78, 5) is 23.2. The van der Waals surface area contributed by atoms with E-state index in [4.69, 9.17) is 5.73 Å². The van der Waals surface area contributed by atoms with Crippen LogP contribution in [0.2, 0.25) is 0 Å². The summed E-state index contributed by atoms with van der Waals surface area (Å²) in [5, 5.41) is 0. The first-order chi connectivity index (χ1) is 7.18. The highest BCUT2D eigenvalue weighted by Gasteiger charge is 2.17. The molecule has 0 saturated heterocycles. The van der Waals surface area contributed by atoms with E-state index in [0.29, 0.717) is 10.5 Å². The quantitative estimate of drug-likeness (QED) is 0.777. The molecule has 1 aromatic rings. The van der Waals surface area contributed by atoms with Gasteiger partial charge in [-0.05, 0) is 11.6 Å². The number of hydrogen-bond donors (Lipinski definition) is 1. The maximum Gasteiger partial charge on any atom is 0.255 e. The fraction of sp³-hybridized carbons (Fsp3) is 0.0909. The topological polar surface area (TPSA) is 60.2 Å². The van der Waals surface area contributed by atoms with E-state index in [0.717, 1.165) is 5.56 Å². The Morgan fingerprint density at radius 3 is 2.80 bits per heavy atom. The molecule has 3 nitrogen and oxygen atoms in total. The Morgan fingerprint density at radius 2 is 2.07 bits per heavy atom.